The number of morpholine rings is 1. The number of carbonyl (C=O) groups excluding carboxylic acids is 1. The number of methoxy groups -OCH3 is 2. The minimum Gasteiger partial charge on any atom is -0.492 e. The fourth-order valence-electron chi connectivity index (χ4n) is 3.65. The van der Waals surface area contributed by atoms with E-state index in [1.165, 1.54) is 25.6 Å². The first-order valence-electron chi connectivity index (χ1n) is 12.3. The van der Waals surface area contributed by atoms with E-state index in [1.807, 2.05) is 25.1 Å². The van der Waals surface area contributed by atoms with E-state index in [9.17, 15) is 4.79 Å². The average molecular weight is 561 g/mol. The smallest absolute Gasteiger partial charge is 0.279 e. The molecule has 0 unspecified atom stereocenters. The van der Waals surface area contributed by atoms with Crippen LogP contribution in [0.25, 0.3) is 0 Å². The maximum Gasteiger partial charge on any atom is 0.279 e. The molecule has 3 aromatic rings. The Kier molecular flexibility index (Phi) is 10.1. The Labute approximate surface area is 230 Å². The van der Waals surface area contributed by atoms with Crippen molar-refractivity contribution < 1.29 is 33.6 Å². The molecule has 0 atom stereocenters. The number of carbonyl (C=O) groups is 1. The van der Waals surface area contributed by atoms with Crippen LogP contribution in [-0.2, 0) is 4.74 Å². The number of nitrogens with zero attached hydrogens (tertiary/aromatic N) is 4. The van der Waals surface area contributed by atoms with Gasteiger partial charge < -0.3 is 39.4 Å². The molecule has 0 radical (unpaired) electrons. The molecule has 0 aliphatic carbocycles. The van der Waals surface area contributed by atoms with Gasteiger partial charge in [0.25, 0.3) is 11.1 Å². The summed E-state index contributed by atoms with van der Waals surface area (Å²) in [6, 6.07) is 5.63. The van der Waals surface area contributed by atoms with E-state index in [0.717, 1.165) is 38.4 Å². The lowest BCUT2D eigenvalue weighted by Gasteiger charge is -2.26. The highest BCUT2D eigenvalue weighted by Gasteiger charge is 2.21. The van der Waals surface area contributed by atoms with Crippen molar-refractivity contribution >= 4 is 28.9 Å². The van der Waals surface area contributed by atoms with Crippen LogP contribution in [0.5, 0.6) is 28.5 Å². The molecular weight excluding hydrogens is 528 g/mol. The van der Waals surface area contributed by atoms with Crippen LogP contribution in [0.3, 0.4) is 0 Å². The van der Waals surface area contributed by atoms with Crippen LogP contribution in [0.1, 0.15) is 16.1 Å². The first kappa shape index (κ1) is 28.3. The topological polar surface area (TPSA) is 149 Å². The number of rotatable bonds is 13. The minimum absolute atomic E-state index is 0.0865. The van der Waals surface area contributed by atoms with Crippen LogP contribution in [0, 0.1) is 6.92 Å². The Morgan fingerprint density at radius 2 is 1.90 bits per heavy atom. The number of anilines is 2. The van der Waals surface area contributed by atoms with Gasteiger partial charge in [0.05, 0.1) is 34.0 Å². The monoisotopic (exact) mass is 560 g/mol. The molecule has 3 N–H and O–H groups in total. The van der Waals surface area contributed by atoms with Gasteiger partial charge in [0.1, 0.15) is 23.8 Å². The molecule has 1 aliphatic heterocycles. The van der Waals surface area contributed by atoms with Crippen LogP contribution in [0.2, 0.25) is 0 Å². The molecule has 2 aromatic heterocycles. The normalized spacial score (nSPS) is 13.5. The largest absolute Gasteiger partial charge is 0.492 e. The number of aryl methyl sites for hydroxylation is 1. The van der Waals surface area contributed by atoms with Crippen LogP contribution >= 0.6 is 11.3 Å². The molecule has 39 heavy (non-hydrogen) atoms. The number of nitrogens with one attached hydrogen (secondary N) is 2. The number of amides is 1. The van der Waals surface area contributed by atoms with Crippen molar-refractivity contribution in [2.45, 2.75) is 6.92 Å². The number of hydrogen-bond donors (Lipinski definition) is 3. The number of aromatic nitrogens is 3. The van der Waals surface area contributed by atoms with E-state index < -0.39 is 5.91 Å². The van der Waals surface area contributed by atoms with Gasteiger partial charge in [-0.15, -0.1) is 0 Å². The second-order valence-corrected chi connectivity index (χ2v) is 9.20. The second kappa shape index (κ2) is 13.9. The molecule has 1 aliphatic rings. The number of thiazole rings is 1. The lowest BCUT2D eigenvalue weighted by Crippen LogP contribution is -2.38. The number of aliphatic hydroxyl groups excluding tert-OH is 1. The van der Waals surface area contributed by atoms with Gasteiger partial charge in [-0.1, -0.05) is 17.4 Å². The van der Waals surface area contributed by atoms with Crippen molar-refractivity contribution in [1.29, 1.82) is 0 Å². The van der Waals surface area contributed by atoms with E-state index in [-0.39, 0.29) is 42.2 Å². The molecule has 210 valence electrons. The van der Waals surface area contributed by atoms with Crippen molar-refractivity contribution in [3.05, 3.63) is 34.8 Å². The molecule has 14 heteroatoms. The van der Waals surface area contributed by atoms with Gasteiger partial charge in [0.15, 0.2) is 5.69 Å². The summed E-state index contributed by atoms with van der Waals surface area (Å²) in [4.78, 5) is 28.0. The molecule has 0 bridgehead atoms. The van der Waals surface area contributed by atoms with Crippen molar-refractivity contribution in [2.75, 3.05) is 77.5 Å². The highest BCUT2D eigenvalue weighted by molar-refractivity contribution is 7.11. The summed E-state index contributed by atoms with van der Waals surface area (Å²) in [5.41, 5.74) is 1.18. The Morgan fingerprint density at radius 1 is 1.15 bits per heavy atom. The Bertz CT molecular complexity index is 1230. The van der Waals surface area contributed by atoms with E-state index in [1.54, 1.807) is 5.38 Å². The van der Waals surface area contributed by atoms with Gasteiger partial charge in [-0.05, 0) is 18.6 Å². The Hall–Kier alpha value is -3.72. The van der Waals surface area contributed by atoms with Gasteiger partial charge in [0, 0.05) is 37.6 Å². The molecule has 1 amide bonds. The third-order valence-corrected chi connectivity index (χ3v) is 6.43. The van der Waals surface area contributed by atoms with E-state index in [2.05, 4.69) is 30.5 Å². The molecule has 0 saturated carbocycles. The SMILES string of the molecule is COc1nc(NCCO)nc(OC)c1NC(=O)c1csc(Oc2cc(OCCN3CCOCC3)ccc2C)n1. The number of hydrogen-bond acceptors (Lipinski definition) is 13. The van der Waals surface area contributed by atoms with Gasteiger partial charge in [-0.25, -0.2) is 0 Å². The summed E-state index contributed by atoms with van der Waals surface area (Å²) in [5, 5.41) is 16.4. The average Bonchev–Trinajstić information content (AvgIpc) is 3.43. The Morgan fingerprint density at radius 3 is 2.59 bits per heavy atom. The van der Waals surface area contributed by atoms with E-state index >= 15 is 0 Å². The van der Waals surface area contributed by atoms with Crippen LogP contribution in [0.4, 0.5) is 11.6 Å². The minimum atomic E-state index is -0.519. The molecule has 13 nitrogen and oxygen atoms in total. The fraction of sp³-hybridized carbons (Fsp3) is 0.440. The van der Waals surface area contributed by atoms with Crippen LogP contribution in [0.15, 0.2) is 23.6 Å². The zero-order chi connectivity index (χ0) is 27.6. The molecule has 1 fully saturated rings. The number of aliphatic hydroxyl groups is 1. The van der Waals surface area contributed by atoms with Crippen molar-refractivity contribution in [3.63, 3.8) is 0 Å². The molecule has 1 saturated heterocycles. The van der Waals surface area contributed by atoms with Crippen molar-refractivity contribution in [3.8, 4) is 28.5 Å². The summed E-state index contributed by atoms with van der Waals surface area (Å²) in [6.07, 6.45) is 0. The quantitative estimate of drug-likeness (QED) is 0.282. The van der Waals surface area contributed by atoms with Crippen molar-refractivity contribution in [2.24, 2.45) is 0 Å². The third kappa shape index (κ3) is 7.66. The zero-order valence-corrected chi connectivity index (χ0v) is 22.9. The lowest BCUT2D eigenvalue weighted by atomic mass is 10.2. The van der Waals surface area contributed by atoms with E-state index in [4.69, 9.17) is 28.8 Å². The summed E-state index contributed by atoms with van der Waals surface area (Å²) in [7, 11) is 2.82. The fourth-order valence-corrected chi connectivity index (χ4v) is 4.31. The highest BCUT2D eigenvalue weighted by atomic mass is 32.1. The van der Waals surface area contributed by atoms with Gasteiger partial charge >= 0.3 is 0 Å². The summed E-state index contributed by atoms with van der Waals surface area (Å²) in [6.45, 7) is 6.75. The molecule has 0 spiro atoms. The van der Waals surface area contributed by atoms with Crippen LogP contribution < -0.4 is 29.6 Å². The van der Waals surface area contributed by atoms with Gasteiger partial charge in [0.2, 0.25) is 17.7 Å². The molecule has 4 rings (SSSR count). The second-order valence-electron chi connectivity index (χ2n) is 8.38. The lowest BCUT2D eigenvalue weighted by molar-refractivity contribution is 0.0322. The standard InChI is InChI=1S/C25H32N6O7S/c1-16-4-5-17(37-13-9-31-7-11-36-12-8-31)14-19(16)38-25-27-18(15-39-25)21(33)28-20-22(34-2)29-24(26-6-10-32)30-23(20)35-3/h4-5,14-15,32H,6-13H2,1-3H3,(H,28,33)(H,26,29,30). The summed E-state index contributed by atoms with van der Waals surface area (Å²) >= 11 is 1.19. The molecule has 1 aromatic carbocycles. The molecular formula is C25H32N6O7S. The predicted molar refractivity (Wildman–Crippen MR) is 145 cm³/mol. The first-order chi connectivity index (χ1) is 19.0. The summed E-state index contributed by atoms with van der Waals surface area (Å²) < 4.78 is 27.9. The third-order valence-electron chi connectivity index (χ3n) is 5.72. The van der Waals surface area contributed by atoms with Gasteiger partial charge in [-0.2, -0.15) is 15.0 Å². The predicted octanol–water partition coefficient (Wildman–Crippen LogP) is 2.42. The van der Waals surface area contributed by atoms with Crippen molar-refractivity contribution in [1.82, 2.24) is 19.9 Å². The van der Waals surface area contributed by atoms with Gasteiger partial charge in [-0.3, -0.25) is 9.69 Å². The highest BCUT2D eigenvalue weighted by Crippen LogP contribution is 2.34. The number of benzene rings is 1. The first-order valence-corrected chi connectivity index (χ1v) is 13.2. The maximum atomic E-state index is 13.0. The molecule has 3 heterocycles. The van der Waals surface area contributed by atoms with Crippen LogP contribution in [-0.4, -0.2) is 97.7 Å². The van der Waals surface area contributed by atoms with E-state index in [0.29, 0.717) is 23.3 Å². The Balaban J connectivity index is 1.40. The number of ether oxygens (including phenoxy) is 5. The zero-order valence-electron chi connectivity index (χ0n) is 22.1. The maximum absolute atomic E-state index is 13.0. The summed E-state index contributed by atoms with van der Waals surface area (Å²) in [5.74, 6) is 1.11.